The van der Waals surface area contributed by atoms with Crippen LogP contribution in [0.25, 0.3) is 88.3 Å². The van der Waals surface area contributed by atoms with Crippen molar-refractivity contribution >= 4 is 49.8 Å². The lowest BCUT2D eigenvalue weighted by molar-refractivity contribution is 0.669. The van der Waals surface area contributed by atoms with Gasteiger partial charge >= 0.3 is 0 Å². The highest BCUT2D eigenvalue weighted by atomic mass is 16.3. The Morgan fingerprint density at radius 3 is 1.42 bits per heavy atom. The van der Waals surface area contributed by atoms with Gasteiger partial charge in [-0.05, 0) is 127 Å². The molecule has 282 valence electrons. The molecule has 0 unspecified atom stereocenters. The van der Waals surface area contributed by atoms with Gasteiger partial charge in [-0.1, -0.05) is 176 Å². The summed E-state index contributed by atoms with van der Waals surface area (Å²) in [7, 11) is 0. The van der Waals surface area contributed by atoms with Gasteiger partial charge in [-0.25, -0.2) is 0 Å². The van der Waals surface area contributed by atoms with Crippen LogP contribution in [0.3, 0.4) is 0 Å². The van der Waals surface area contributed by atoms with E-state index in [4.69, 9.17) is 4.42 Å². The lowest BCUT2D eigenvalue weighted by Gasteiger charge is -2.26. The summed E-state index contributed by atoms with van der Waals surface area (Å²) >= 11 is 0. The van der Waals surface area contributed by atoms with Crippen LogP contribution in [0.5, 0.6) is 0 Å². The summed E-state index contributed by atoms with van der Waals surface area (Å²) in [4.78, 5) is 2.35. The van der Waals surface area contributed by atoms with E-state index in [1.807, 2.05) is 12.1 Å². The maximum absolute atomic E-state index is 6.24. The SMILES string of the molecule is c1ccc(-c2ccccc2-c2ccc(N(c3ccc(-c4cccc(-c5ccc6ccccc6c5)c4)cc3)c3ccc(-c4cccc5oc6ccccc6c45)cc3)cc2)cc1. The van der Waals surface area contributed by atoms with Crippen LogP contribution in [0.15, 0.2) is 241 Å². The summed E-state index contributed by atoms with van der Waals surface area (Å²) in [5.41, 5.74) is 16.9. The first-order valence-corrected chi connectivity index (χ1v) is 20.5. The van der Waals surface area contributed by atoms with Crippen LogP contribution in [0, 0.1) is 0 Å². The van der Waals surface area contributed by atoms with Gasteiger partial charge in [0.2, 0.25) is 0 Å². The molecule has 0 bridgehead atoms. The topological polar surface area (TPSA) is 16.4 Å². The first kappa shape index (κ1) is 35.2. The number of anilines is 3. The molecule has 0 fully saturated rings. The molecule has 0 radical (unpaired) electrons. The van der Waals surface area contributed by atoms with E-state index >= 15 is 0 Å². The van der Waals surface area contributed by atoms with Crippen molar-refractivity contribution in [2.75, 3.05) is 4.90 Å². The van der Waals surface area contributed by atoms with Gasteiger partial charge in [-0.2, -0.15) is 0 Å². The number of hydrogen-bond donors (Lipinski definition) is 0. The third kappa shape index (κ3) is 6.51. The van der Waals surface area contributed by atoms with Crippen molar-refractivity contribution in [2.24, 2.45) is 0 Å². The predicted octanol–water partition coefficient (Wildman–Crippen LogP) is 16.5. The molecule has 0 spiro atoms. The van der Waals surface area contributed by atoms with Gasteiger partial charge in [0.1, 0.15) is 11.2 Å². The number of benzene rings is 10. The van der Waals surface area contributed by atoms with Crippen LogP contribution in [-0.2, 0) is 0 Å². The van der Waals surface area contributed by atoms with E-state index in [2.05, 4.69) is 229 Å². The summed E-state index contributed by atoms with van der Waals surface area (Å²) < 4.78 is 6.24. The molecule has 0 saturated carbocycles. The smallest absolute Gasteiger partial charge is 0.136 e. The molecule has 2 heteroatoms. The van der Waals surface area contributed by atoms with Gasteiger partial charge in [0.05, 0.1) is 0 Å². The van der Waals surface area contributed by atoms with Crippen molar-refractivity contribution in [3.05, 3.63) is 237 Å². The van der Waals surface area contributed by atoms with Gasteiger partial charge in [-0.3, -0.25) is 0 Å². The minimum Gasteiger partial charge on any atom is -0.456 e. The van der Waals surface area contributed by atoms with Gasteiger partial charge in [-0.15, -0.1) is 0 Å². The first-order chi connectivity index (χ1) is 29.7. The Morgan fingerprint density at radius 2 is 0.717 bits per heavy atom. The molecule has 11 rings (SSSR count). The summed E-state index contributed by atoms with van der Waals surface area (Å²) in [6.45, 7) is 0. The summed E-state index contributed by atoms with van der Waals surface area (Å²) in [5.74, 6) is 0. The second-order valence-electron chi connectivity index (χ2n) is 15.3. The van der Waals surface area contributed by atoms with Crippen molar-refractivity contribution in [3.63, 3.8) is 0 Å². The molecule has 0 aliphatic heterocycles. The molecule has 11 aromatic rings. The quantitative estimate of drug-likeness (QED) is 0.153. The summed E-state index contributed by atoms with van der Waals surface area (Å²) in [6.07, 6.45) is 0. The lowest BCUT2D eigenvalue weighted by atomic mass is 9.94. The van der Waals surface area contributed by atoms with E-state index in [0.717, 1.165) is 50.1 Å². The second-order valence-corrected chi connectivity index (χ2v) is 15.3. The maximum Gasteiger partial charge on any atom is 0.136 e. The molecule has 0 N–H and O–H groups in total. The number of para-hydroxylation sites is 1. The van der Waals surface area contributed by atoms with Crippen LogP contribution < -0.4 is 4.90 Å². The number of nitrogens with zero attached hydrogens (tertiary/aromatic N) is 1. The van der Waals surface area contributed by atoms with E-state index in [0.29, 0.717) is 0 Å². The molecule has 0 amide bonds. The molecule has 0 atom stereocenters. The average Bonchev–Trinajstić information content (AvgIpc) is 3.72. The first-order valence-electron chi connectivity index (χ1n) is 20.5. The zero-order valence-corrected chi connectivity index (χ0v) is 32.9. The minimum absolute atomic E-state index is 0.899. The molecular weight excluding hydrogens is 727 g/mol. The average molecular weight is 766 g/mol. The highest BCUT2D eigenvalue weighted by Crippen LogP contribution is 2.41. The van der Waals surface area contributed by atoms with Crippen molar-refractivity contribution < 1.29 is 4.42 Å². The molecule has 1 aromatic heterocycles. The van der Waals surface area contributed by atoms with Crippen molar-refractivity contribution in [1.82, 2.24) is 0 Å². The van der Waals surface area contributed by atoms with E-state index in [1.54, 1.807) is 0 Å². The highest BCUT2D eigenvalue weighted by Gasteiger charge is 2.17. The van der Waals surface area contributed by atoms with Crippen LogP contribution >= 0.6 is 0 Å². The van der Waals surface area contributed by atoms with Gasteiger partial charge in [0.15, 0.2) is 0 Å². The summed E-state index contributed by atoms with van der Waals surface area (Å²) in [6, 6.07) is 84.9. The highest BCUT2D eigenvalue weighted by molar-refractivity contribution is 6.12. The third-order valence-corrected chi connectivity index (χ3v) is 11.7. The van der Waals surface area contributed by atoms with E-state index in [1.165, 1.54) is 55.3 Å². The Bertz CT molecular complexity index is 3290. The zero-order chi connectivity index (χ0) is 39.8. The van der Waals surface area contributed by atoms with Gasteiger partial charge in [0.25, 0.3) is 0 Å². The minimum atomic E-state index is 0.899. The summed E-state index contributed by atoms with van der Waals surface area (Å²) in [5, 5.41) is 4.77. The Hall–Kier alpha value is -7.94. The van der Waals surface area contributed by atoms with Crippen molar-refractivity contribution in [3.8, 4) is 55.6 Å². The molecule has 1 heterocycles. The monoisotopic (exact) mass is 765 g/mol. The second kappa shape index (κ2) is 15.1. The fourth-order valence-electron chi connectivity index (χ4n) is 8.70. The van der Waals surface area contributed by atoms with E-state index in [9.17, 15) is 0 Å². The third-order valence-electron chi connectivity index (χ3n) is 11.7. The van der Waals surface area contributed by atoms with E-state index in [-0.39, 0.29) is 0 Å². The Kier molecular flexibility index (Phi) is 8.87. The van der Waals surface area contributed by atoms with Gasteiger partial charge in [0, 0.05) is 27.8 Å². The molecule has 0 aliphatic rings. The van der Waals surface area contributed by atoms with Crippen molar-refractivity contribution in [1.29, 1.82) is 0 Å². The molecule has 2 nitrogen and oxygen atoms in total. The van der Waals surface area contributed by atoms with Crippen LogP contribution in [0.1, 0.15) is 0 Å². The zero-order valence-electron chi connectivity index (χ0n) is 32.9. The molecule has 60 heavy (non-hydrogen) atoms. The number of fused-ring (bicyclic) bond motifs is 4. The number of furan rings is 1. The van der Waals surface area contributed by atoms with Crippen LogP contribution in [-0.4, -0.2) is 0 Å². The molecule has 0 aliphatic carbocycles. The van der Waals surface area contributed by atoms with Crippen molar-refractivity contribution in [2.45, 2.75) is 0 Å². The normalized spacial score (nSPS) is 11.3. The fourth-order valence-corrected chi connectivity index (χ4v) is 8.70. The molecule has 0 saturated heterocycles. The van der Waals surface area contributed by atoms with E-state index < -0.39 is 0 Å². The number of hydrogen-bond acceptors (Lipinski definition) is 2. The maximum atomic E-state index is 6.24. The lowest BCUT2D eigenvalue weighted by Crippen LogP contribution is -2.09. The van der Waals surface area contributed by atoms with Crippen LogP contribution in [0.2, 0.25) is 0 Å². The van der Waals surface area contributed by atoms with Crippen LogP contribution in [0.4, 0.5) is 17.1 Å². The molecular formula is C58H39NO. The largest absolute Gasteiger partial charge is 0.456 e. The predicted molar refractivity (Wildman–Crippen MR) is 253 cm³/mol. The molecule has 10 aromatic carbocycles. The Labute approximate surface area is 349 Å². The van der Waals surface area contributed by atoms with Gasteiger partial charge < -0.3 is 9.32 Å². The Morgan fingerprint density at radius 1 is 0.267 bits per heavy atom. The Balaban J connectivity index is 0.970. The fraction of sp³-hybridized carbons (Fsp3) is 0. The standard InChI is InChI=1S/C58H39NO/c1-2-13-42(14-3-1)52-18-6-7-19-53(52)43-28-34-50(35-29-43)59(51-36-30-44(31-37-51)54-21-11-23-57-58(54)55-20-8-9-22-56(55)60-57)49-32-26-41(27-33-49)46-16-10-17-47(38-46)48-25-24-40-12-4-5-15-45(40)39-48/h1-39H. The number of rotatable bonds is 8.